The summed E-state index contributed by atoms with van der Waals surface area (Å²) in [6.45, 7) is 5.95. The molecule has 1 fully saturated rings. The first kappa shape index (κ1) is 22.1. The summed E-state index contributed by atoms with van der Waals surface area (Å²) < 4.78 is 7.42. The van der Waals surface area contributed by atoms with Crippen molar-refractivity contribution in [3.05, 3.63) is 65.6 Å². The Morgan fingerprint density at radius 3 is 2.62 bits per heavy atom. The fraction of sp³-hybridized carbons (Fsp3) is 0.440. The molecule has 0 radical (unpaired) electrons. The molecule has 32 heavy (non-hydrogen) atoms. The summed E-state index contributed by atoms with van der Waals surface area (Å²) in [4.78, 5) is 11.7. The molecule has 0 bridgehead atoms. The summed E-state index contributed by atoms with van der Waals surface area (Å²) in [7, 11) is 3.53. The lowest BCUT2D eigenvalue weighted by Crippen LogP contribution is -2.43. The fourth-order valence-corrected chi connectivity index (χ4v) is 4.38. The van der Waals surface area contributed by atoms with Gasteiger partial charge in [-0.05, 0) is 62.2 Å². The maximum absolute atomic E-state index is 5.33. The number of fused-ring (bicyclic) bond motifs is 1. The average Bonchev–Trinajstić information content (AvgIpc) is 3.49. The number of aromatic nitrogens is 2. The summed E-state index contributed by atoms with van der Waals surface area (Å²) in [6, 6.07) is 12.9. The second-order valence-electron chi connectivity index (χ2n) is 8.32. The number of aliphatic imine (C=N–C) groups is 1. The number of hydrogen-bond donors (Lipinski definition) is 2. The first-order chi connectivity index (χ1) is 15.7. The van der Waals surface area contributed by atoms with E-state index >= 15 is 0 Å². The number of nitrogens with zero attached hydrogens (tertiary/aromatic N) is 4. The summed E-state index contributed by atoms with van der Waals surface area (Å²) in [5, 5.41) is 6.98. The minimum atomic E-state index is 0.309. The second-order valence-corrected chi connectivity index (χ2v) is 8.32. The number of ether oxygens (including phenoxy) is 1. The molecule has 1 atom stereocenters. The third-order valence-electron chi connectivity index (χ3n) is 6.17. The molecule has 1 aliphatic heterocycles. The van der Waals surface area contributed by atoms with Crippen LogP contribution in [0.5, 0.6) is 5.75 Å². The minimum Gasteiger partial charge on any atom is -0.497 e. The SMILES string of the molecule is CN=C(NCCc1cn2cccc(C)c2n1)NCC(c1ccc(OC)cc1)N1CCCC1. The average molecular weight is 435 g/mol. The Balaban J connectivity index is 1.34. The summed E-state index contributed by atoms with van der Waals surface area (Å²) in [5.41, 5.74) is 4.60. The number of aryl methyl sites for hydroxylation is 1. The molecule has 7 nitrogen and oxygen atoms in total. The Morgan fingerprint density at radius 1 is 1.16 bits per heavy atom. The number of benzene rings is 1. The Kier molecular flexibility index (Phi) is 7.27. The van der Waals surface area contributed by atoms with Crippen molar-refractivity contribution < 1.29 is 4.74 Å². The maximum atomic E-state index is 5.33. The zero-order chi connectivity index (χ0) is 22.3. The van der Waals surface area contributed by atoms with Gasteiger partial charge in [-0.3, -0.25) is 9.89 Å². The standard InChI is InChI=1S/C25H34N6O/c1-19-7-6-16-31-18-21(29-24(19)31)12-13-27-25(26-2)28-17-23(30-14-4-5-15-30)20-8-10-22(32-3)11-9-20/h6-11,16,18,23H,4-5,12-15,17H2,1-3H3,(H2,26,27,28). The Labute approximate surface area is 190 Å². The van der Waals surface area contributed by atoms with Crippen molar-refractivity contribution in [1.29, 1.82) is 0 Å². The van der Waals surface area contributed by atoms with Crippen molar-refractivity contribution in [1.82, 2.24) is 24.9 Å². The molecule has 3 aromatic rings. The summed E-state index contributed by atoms with van der Waals surface area (Å²) in [5.74, 6) is 1.71. The van der Waals surface area contributed by atoms with Gasteiger partial charge in [-0.2, -0.15) is 0 Å². The highest BCUT2D eigenvalue weighted by atomic mass is 16.5. The number of imidazole rings is 1. The molecule has 2 aromatic heterocycles. The number of likely N-dealkylation sites (tertiary alicyclic amines) is 1. The molecular formula is C25H34N6O. The minimum absolute atomic E-state index is 0.309. The van der Waals surface area contributed by atoms with Gasteiger partial charge in [0.25, 0.3) is 0 Å². The molecule has 1 saturated heterocycles. The van der Waals surface area contributed by atoms with Gasteiger partial charge in [0.1, 0.15) is 11.4 Å². The third-order valence-corrected chi connectivity index (χ3v) is 6.17. The fourth-order valence-electron chi connectivity index (χ4n) is 4.38. The molecule has 1 unspecified atom stereocenters. The van der Waals surface area contributed by atoms with Crippen LogP contribution >= 0.6 is 0 Å². The second kappa shape index (κ2) is 10.5. The van der Waals surface area contributed by atoms with Crippen LogP contribution < -0.4 is 15.4 Å². The van der Waals surface area contributed by atoms with Crippen molar-refractivity contribution in [2.45, 2.75) is 32.2 Å². The van der Waals surface area contributed by atoms with Crippen molar-refractivity contribution >= 4 is 11.6 Å². The van der Waals surface area contributed by atoms with E-state index in [2.05, 4.69) is 62.3 Å². The first-order valence-corrected chi connectivity index (χ1v) is 11.4. The van der Waals surface area contributed by atoms with Crippen LogP contribution in [0.4, 0.5) is 0 Å². The van der Waals surface area contributed by atoms with Crippen LogP contribution in [0.2, 0.25) is 0 Å². The monoisotopic (exact) mass is 434 g/mol. The van der Waals surface area contributed by atoms with Gasteiger partial charge in [0.05, 0.1) is 18.8 Å². The first-order valence-electron chi connectivity index (χ1n) is 11.4. The molecule has 7 heteroatoms. The molecule has 1 aliphatic rings. The molecular weight excluding hydrogens is 400 g/mol. The van der Waals surface area contributed by atoms with E-state index in [1.165, 1.54) is 24.0 Å². The quantitative estimate of drug-likeness (QED) is 0.421. The molecule has 170 valence electrons. The van der Waals surface area contributed by atoms with Crippen LogP contribution in [0, 0.1) is 6.92 Å². The van der Waals surface area contributed by atoms with Crippen molar-refractivity contribution in [2.75, 3.05) is 40.3 Å². The van der Waals surface area contributed by atoms with Crippen molar-refractivity contribution in [2.24, 2.45) is 4.99 Å². The predicted octanol–water partition coefficient (Wildman–Crippen LogP) is 3.20. The lowest BCUT2D eigenvalue weighted by molar-refractivity contribution is 0.245. The largest absolute Gasteiger partial charge is 0.497 e. The van der Waals surface area contributed by atoms with Crippen LogP contribution in [0.15, 0.2) is 53.8 Å². The van der Waals surface area contributed by atoms with Crippen molar-refractivity contribution in [3.8, 4) is 5.75 Å². The number of pyridine rings is 1. The van der Waals surface area contributed by atoms with E-state index in [1.807, 2.05) is 25.4 Å². The van der Waals surface area contributed by atoms with Crippen LogP contribution in [0.1, 0.15) is 35.7 Å². The highest BCUT2D eigenvalue weighted by Gasteiger charge is 2.23. The van der Waals surface area contributed by atoms with E-state index in [9.17, 15) is 0 Å². The lowest BCUT2D eigenvalue weighted by atomic mass is 10.1. The van der Waals surface area contributed by atoms with E-state index in [0.29, 0.717) is 6.04 Å². The Morgan fingerprint density at radius 2 is 1.94 bits per heavy atom. The number of guanidine groups is 1. The molecule has 0 saturated carbocycles. The topological polar surface area (TPSA) is 66.2 Å². The van der Waals surface area contributed by atoms with E-state index in [-0.39, 0.29) is 0 Å². The Bertz CT molecular complexity index is 1040. The van der Waals surface area contributed by atoms with E-state index in [0.717, 1.165) is 55.7 Å². The van der Waals surface area contributed by atoms with Gasteiger partial charge in [0.2, 0.25) is 0 Å². The highest BCUT2D eigenvalue weighted by Crippen LogP contribution is 2.26. The van der Waals surface area contributed by atoms with Crippen LogP contribution in [-0.4, -0.2) is 60.6 Å². The molecule has 0 amide bonds. The van der Waals surface area contributed by atoms with Gasteiger partial charge < -0.3 is 19.8 Å². The van der Waals surface area contributed by atoms with Crippen LogP contribution in [0.25, 0.3) is 5.65 Å². The molecule has 1 aromatic carbocycles. The van der Waals surface area contributed by atoms with Gasteiger partial charge in [0, 0.05) is 39.0 Å². The lowest BCUT2D eigenvalue weighted by Gasteiger charge is -2.29. The number of methoxy groups -OCH3 is 1. The summed E-state index contributed by atoms with van der Waals surface area (Å²) in [6.07, 6.45) is 7.52. The smallest absolute Gasteiger partial charge is 0.191 e. The van der Waals surface area contributed by atoms with Gasteiger partial charge in [0.15, 0.2) is 5.96 Å². The Hall–Kier alpha value is -3.06. The molecule has 0 aliphatic carbocycles. The van der Waals surface area contributed by atoms with Crippen LogP contribution in [-0.2, 0) is 6.42 Å². The molecule has 3 heterocycles. The van der Waals surface area contributed by atoms with Crippen LogP contribution in [0.3, 0.4) is 0 Å². The summed E-state index contributed by atoms with van der Waals surface area (Å²) >= 11 is 0. The maximum Gasteiger partial charge on any atom is 0.191 e. The zero-order valence-electron chi connectivity index (χ0n) is 19.3. The van der Waals surface area contributed by atoms with Gasteiger partial charge in [-0.15, -0.1) is 0 Å². The van der Waals surface area contributed by atoms with Crippen molar-refractivity contribution in [3.63, 3.8) is 0 Å². The zero-order valence-corrected chi connectivity index (χ0v) is 19.3. The van der Waals surface area contributed by atoms with E-state index in [1.54, 1.807) is 7.11 Å². The molecule has 2 N–H and O–H groups in total. The van der Waals surface area contributed by atoms with Gasteiger partial charge >= 0.3 is 0 Å². The van der Waals surface area contributed by atoms with Gasteiger partial charge in [-0.25, -0.2) is 4.98 Å². The molecule has 4 rings (SSSR count). The predicted molar refractivity (Wildman–Crippen MR) is 130 cm³/mol. The molecule has 0 spiro atoms. The number of rotatable bonds is 8. The number of hydrogen-bond acceptors (Lipinski definition) is 4. The normalized spacial score (nSPS) is 15.8. The number of nitrogens with one attached hydrogen (secondary N) is 2. The third kappa shape index (κ3) is 5.22. The highest BCUT2D eigenvalue weighted by molar-refractivity contribution is 5.79. The van der Waals surface area contributed by atoms with E-state index in [4.69, 9.17) is 9.72 Å². The van der Waals surface area contributed by atoms with E-state index < -0.39 is 0 Å². The van der Waals surface area contributed by atoms with Gasteiger partial charge in [-0.1, -0.05) is 18.2 Å².